The van der Waals surface area contributed by atoms with Gasteiger partial charge in [-0.2, -0.15) is 4.31 Å². The molecule has 1 saturated heterocycles. The average Bonchev–Trinajstić information content (AvgIpc) is 2.46. The summed E-state index contributed by atoms with van der Waals surface area (Å²) in [4.78, 5) is 0.375. The molecule has 1 aromatic rings. The van der Waals surface area contributed by atoms with Crippen LogP contribution in [0.1, 0.15) is 31.7 Å². The summed E-state index contributed by atoms with van der Waals surface area (Å²) in [5.41, 5.74) is 1.08. The molecule has 1 aliphatic rings. The monoisotopic (exact) mass is 360 g/mol. The molecule has 1 N–H and O–H groups in total. The summed E-state index contributed by atoms with van der Waals surface area (Å²) in [6.07, 6.45) is 3.03. The molecule has 0 saturated carbocycles. The minimum atomic E-state index is -3.36. The predicted molar refractivity (Wildman–Crippen MR) is 84.1 cm³/mol. The van der Waals surface area contributed by atoms with Crippen molar-refractivity contribution >= 4 is 26.0 Å². The first kappa shape index (κ1) is 15.9. The maximum absolute atomic E-state index is 12.6. The van der Waals surface area contributed by atoms with Gasteiger partial charge in [0.1, 0.15) is 0 Å². The van der Waals surface area contributed by atoms with Crippen molar-refractivity contribution in [3.63, 3.8) is 0 Å². The largest absolute Gasteiger partial charge is 0.313 e. The third-order valence-corrected chi connectivity index (χ3v) is 6.38. The molecule has 1 heterocycles. The van der Waals surface area contributed by atoms with Crippen LogP contribution in [-0.2, 0) is 16.6 Å². The molecule has 0 radical (unpaired) electrons. The molecule has 20 heavy (non-hydrogen) atoms. The van der Waals surface area contributed by atoms with Crippen LogP contribution in [0.2, 0.25) is 0 Å². The standard InChI is InChI=1S/C14H21BrN2O2S/c1-2-16-11-12-6-7-14(13(15)10-12)20(18,19)17-8-4-3-5-9-17/h6-7,10,16H,2-5,8-9,11H2,1H3. The van der Waals surface area contributed by atoms with Crippen LogP contribution in [0.25, 0.3) is 0 Å². The van der Waals surface area contributed by atoms with Crippen molar-refractivity contribution < 1.29 is 8.42 Å². The van der Waals surface area contributed by atoms with Crippen LogP contribution in [0.5, 0.6) is 0 Å². The van der Waals surface area contributed by atoms with Crippen LogP contribution < -0.4 is 5.32 Å². The average molecular weight is 361 g/mol. The van der Waals surface area contributed by atoms with Crippen LogP contribution in [-0.4, -0.2) is 32.4 Å². The van der Waals surface area contributed by atoms with E-state index in [2.05, 4.69) is 21.2 Å². The van der Waals surface area contributed by atoms with Crippen molar-refractivity contribution in [2.24, 2.45) is 0 Å². The van der Waals surface area contributed by atoms with Crippen LogP contribution in [0.4, 0.5) is 0 Å². The van der Waals surface area contributed by atoms with E-state index in [1.807, 2.05) is 19.1 Å². The quantitative estimate of drug-likeness (QED) is 0.877. The van der Waals surface area contributed by atoms with Gasteiger partial charge in [-0.25, -0.2) is 8.42 Å². The molecule has 0 atom stereocenters. The molecule has 1 aromatic carbocycles. The molecule has 2 rings (SSSR count). The number of rotatable bonds is 5. The maximum Gasteiger partial charge on any atom is 0.244 e. The first-order valence-corrected chi connectivity index (χ1v) is 9.28. The van der Waals surface area contributed by atoms with Gasteiger partial charge in [-0.05, 0) is 53.0 Å². The highest BCUT2D eigenvalue weighted by atomic mass is 79.9. The summed E-state index contributed by atoms with van der Waals surface area (Å²) < 4.78 is 27.5. The van der Waals surface area contributed by atoms with Crippen LogP contribution in [0.3, 0.4) is 0 Å². The number of hydrogen-bond acceptors (Lipinski definition) is 3. The molecule has 112 valence electrons. The van der Waals surface area contributed by atoms with E-state index in [1.165, 1.54) is 0 Å². The van der Waals surface area contributed by atoms with Gasteiger partial charge in [-0.15, -0.1) is 0 Å². The predicted octanol–water partition coefficient (Wildman–Crippen LogP) is 2.73. The number of hydrogen-bond donors (Lipinski definition) is 1. The minimum Gasteiger partial charge on any atom is -0.313 e. The molecular weight excluding hydrogens is 340 g/mol. The Morgan fingerprint density at radius 2 is 1.95 bits per heavy atom. The van der Waals surface area contributed by atoms with Gasteiger partial charge in [0, 0.05) is 24.1 Å². The van der Waals surface area contributed by atoms with Gasteiger partial charge < -0.3 is 5.32 Å². The van der Waals surface area contributed by atoms with Crippen molar-refractivity contribution in [2.75, 3.05) is 19.6 Å². The Morgan fingerprint density at radius 3 is 2.55 bits per heavy atom. The molecule has 0 aromatic heterocycles. The molecule has 0 unspecified atom stereocenters. The molecular formula is C14H21BrN2O2S. The number of nitrogens with zero attached hydrogens (tertiary/aromatic N) is 1. The van der Waals surface area contributed by atoms with E-state index in [0.717, 1.165) is 37.9 Å². The zero-order chi connectivity index (χ0) is 14.6. The van der Waals surface area contributed by atoms with Gasteiger partial charge in [0.05, 0.1) is 4.90 Å². The summed E-state index contributed by atoms with van der Waals surface area (Å²) >= 11 is 3.41. The van der Waals surface area contributed by atoms with Crippen molar-refractivity contribution in [3.05, 3.63) is 28.2 Å². The third kappa shape index (κ3) is 3.61. The van der Waals surface area contributed by atoms with Crippen molar-refractivity contribution in [1.82, 2.24) is 9.62 Å². The fourth-order valence-corrected chi connectivity index (χ4v) is 4.98. The van der Waals surface area contributed by atoms with Gasteiger partial charge in [-0.3, -0.25) is 0 Å². The van der Waals surface area contributed by atoms with E-state index in [9.17, 15) is 8.42 Å². The molecule has 0 amide bonds. The fraction of sp³-hybridized carbons (Fsp3) is 0.571. The Kier molecular flexibility index (Phi) is 5.60. The van der Waals surface area contributed by atoms with Gasteiger partial charge in [0.2, 0.25) is 10.0 Å². The Labute approximate surface area is 129 Å². The van der Waals surface area contributed by atoms with E-state index >= 15 is 0 Å². The van der Waals surface area contributed by atoms with Gasteiger partial charge in [0.25, 0.3) is 0 Å². The molecule has 4 nitrogen and oxygen atoms in total. The highest BCUT2D eigenvalue weighted by Gasteiger charge is 2.27. The normalized spacial score (nSPS) is 17.3. The van der Waals surface area contributed by atoms with Gasteiger partial charge in [-0.1, -0.05) is 19.4 Å². The number of halogens is 1. The summed E-state index contributed by atoms with van der Waals surface area (Å²) in [5.74, 6) is 0. The summed E-state index contributed by atoms with van der Waals surface area (Å²) in [6, 6.07) is 5.48. The number of benzene rings is 1. The smallest absolute Gasteiger partial charge is 0.244 e. The number of piperidine rings is 1. The summed E-state index contributed by atoms with van der Waals surface area (Å²) in [7, 11) is -3.36. The van der Waals surface area contributed by atoms with E-state index in [-0.39, 0.29) is 0 Å². The Hall–Kier alpha value is -0.430. The highest BCUT2D eigenvalue weighted by Crippen LogP contribution is 2.28. The summed E-state index contributed by atoms with van der Waals surface area (Å²) in [6.45, 7) is 4.96. The molecule has 0 bridgehead atoms. The van der Waals surface area contributed by atoms with E-state index in [0.29, 0.717) is 22.5 Å². The molecule has 0 aliphatic carbocycles. The van der Waals surface area contributed by atoms with Gasteiger partial charge in [0.15, 0.2) is 0 Å². The zero-order valence-electron chi connectivity index (χ0n) is 11.7. The van der Waals surface area contributed by atoms with Crippen molar-refractivity contribution in [1.29, 1.82) is 0 Å². The van der Waals surface area contributed by atoms with Crippen LogP contribution >= 0.6 is 15.9 Å². The van der Waals surface area contributed by atoms with E-state index < -0.39 is 10.0 Å². The van der Waals surface area contributed by atoms with E-state index in [4.69, 9.17) is 0 Å². The second-order valence-electron chi connectivity index (χ2n) is 5.01. The lowest BCUT2D eigenvalue weighted by molar-refractivity contribution is 0.346. The zero-order valence-corrected chi connectivity index (χ0v) is 14.1. The second kappa shape index (κ2) is 7.02. The highest BCUT2D eigenvalue weighted by molar-refractivity contribution is 9.10. The van der Waals surface area contributed by atoms with Crippen molar-refractivity contribution in [2.45, 2.75) is 37.6 Å². The molecule has 0 spiro atoms. The Bertz CT molecular complexity index is 554. The first-order chi connectivity index (χ1) is 9.55. The van der Waals surface area contributed by atoms with Gasteiger partial charge >= 0.3 is 0 Å². The fourth-order valence-electron chi connectivity index (χ4n) is 2.38. The minimum absolute atomic E-state index is 0.375. The Morgan fingerprint density at radius 1 is 1.25 bits per heavy atom. The topological polar surface area (TPSA) is 49.4 Å². The number of sulfonamides is 1. The first-order valence-electron chi connectivity index (χ1n) is 7.05. The summed E-state index contributed by atoms with van der Waals surface area (Å²) in [5, 5.41) is 3.23. The number of nitrogens with one attached hydrogen (secondary N) is 1. The van der Waals surface area contributed by atoms with E-state index in [1.54, 1.807) is 10.4 Å². The van der Waals surface area contributed by atoms with Crippen LogP contribution in [0.15, 0.2) is 27.6 Å². The lowest BCUT2D eigenvalue weighted by Gasteiger charge is -2.26. The molecule has 1 aliphatic heterocycles. The van der Waals surface area contributed by atoms with Crippen LogP contribution in [0, 0.1) is 0 Å². The lowest BCUT2D eigenvalue weighted by atomic mass is 10.2. The maximum atomic E-state index is 12.6. The second-order valence-corrected chi connectivity index (χ2v) is 7.77. The molecule has 6 heteroatoms. The molecule has 1 fully saturated rings. The lowest BCUT2D eigenvalue weighted by Crippen LogP contribution is -2.35. The Balaban J connectivity index is 2.23. The van der Waals surface area contributed by atoms with Crippen molar-refractivity contribution in [3.8, 4) is 0 Å². The SMILES string of the molecule is CCNCc1ccc(S(=O)(=O)N2CCCCC2)c(Br)c1. The third-order valence-electron chi connectivity index (χ3n) is 3.51.